The van der Waals surface area contributed by atoms with E-state index in [2.05, 4.69) is 59.3 Å². The monoisotopic (exact) mass is 370 g/mol. The Morgan fingerprint density at radius 3 is 1.60 bits per heavy atom. The molecule has 0 saturated carbocycles. The fourth-order valence-corrected chi connectivity index (χ4v) is 7.13. The second-order valence-electron chi connectivity index (χ2n) is 4.69. The van der Waals surface area contributed by atoms with Gasteiger partial charge in [-0.05, 0) is 33.7 Å². The first-order valence-electron chi connectivity index (χ1n) is 6.32. The molecule has 0 N–H and O–H groups in total. The molecule has 0 radical (unpaired) electrons. The summed E-state index contributed by atoms with van der Waals surface area (Å²) in [7, 11) is 0. The Kier molecular flexibility index (Phi) is 4.48. The van der Waals surface area contributed by atoms with Crippen LogP contribution in [-0.2, 0) is 0 Å². The van der Waals surface area contributed by atoms with Gasteiger partial charge >= 0.3 is 20.4 Å². The summed E-state index contributed by atoms with van der Waals surface area (Å²) in [6, 6.07) is 17.5. The summed E-state index contributed by atoms with van der Waals surface area (Å²) in [5, 5.41) is 7.66. The molecule has 20 heavy (non-hydrogen) atoms. The van der Waals surface area contributed by atoms with Crippen molar-refractivity contribution in [3.63, 3.8) is 0 Å². The van der Waals surface area contributed by atoms with Crippen LogP contribution >= 0.6 is 39.7 Å². The average Bonchev–Trinajstić information content (AvgIpc) is 3.05. The maximum Gasteiger partial charge on any atom is 0.455 e. The first kappa shape index (κ1) is 14.5. The van der Waals surface area contributed by atoms with E-state index in [1.165, 1.54) is 20.2 Å². The molecule has 0 amide bonds. The molecule has 2 aromatic carbocycles. The predicted octanol–water partition coefficient (Wildman–Crippen LogP) is 4.35. The number of thiophene rings is 2. The standard InChI is InChI=1S/2C8H5S.BrH.Mg/c2*1-2-4-8-7(3-1)5-6-9-8;;/h2*1-4,6H;1H;. The number of hydrogen-bond acceptors (Lipinski definition) is 2. The molecule has 0 aliphatic carbocycles. The van der Waals surface area contributed by atoms with E-state index >= 15 is 0 Å². The zero-order chi connectivity index (χ0) is 12.7. The summed E-state index contributed by atoms with van der Waals surface area (Å²) in [5.74, 6) is 0. The lowest BCUT2D eigenvalue weighted by molar-refractivity contribution is 1.86. The molecule has 4 aromatic rings. The molecule has 0 aliphatic rings. The van der Waals surface area contributed by atoms with E-state index in [0.29, 0.717) is 0 Å². The Hall–Kier alpha value is -0.394. The molecule has 0 fully saturated rings. The molecule has 2 heterocycles. The van der Waals surface area contributed by atoms with Crippen LogP contribution in [0, 0.1) is 0 Å². The molecule has 0 unspecified atom stereocenters. The third-order valence-electron chi connectivity index (χ3n) is 3.50. The Balaban J connectivity index is 0.00000121. The van der Waals surface area contributed by atoms with E-state index < -0.39 is 0 Å². The second-order valence-corrected chi connectivity index (χ2v) is 8.39. The molecule has 0 aliphatic heterocycles. The molecular formula is C16H11BrMgS2. The molecule has 0 bridgehead atoms. The Labute approximate surface area is 145 Å². The molecule has 0 nitrogen and oxygen atoms in total. The maximum atomic E-state index is 2.36. The van der Waals surface area contributed by atoms with Gasteiger partial charge in [-0.15, -0.1) is 47.0 Å². The number of hydrogen-bond donors (Lipinski definition) is 0. The number of halogens is 1. The van der Waals surface area contributed by atoms with Crippen LogP contribution in [0.5, 0.6) is 0 Å². The van der Waals surface area contributed by atoms with Gasteiger partial charge in [0, 0.05) is 9.40 Å². The highest BCUT2D eigenvalue weighted by Crippen LogP contribution is 2.20. The van der Waals surface area contributed by atoms with Crippen LogP contribution in [0.1, 0.15) is 0 Å². The van der Waals surface area contributed by atoms with Gasteiger partial charge in [0.25, 0.3) is 0 Å². The number of rotatable bonds is 2. The first-order valence-corrected chi connectivity index (χ1v) is 9.49. The fourth-order valence-electron chi connectivity index (χ4n) is 2.54. The second kappa shape index (κ2) is 6.16. The van der Waals surface area contributed by atoms with Crippen LogP contribution in [0.3, 0.4) is 0 Å². The summed E-state index contributed by atoms with van der Waals surface area (Å²) in [4.78, 5) is 0. The molecule has 96 valence electrons. The summed E-state index contributed by atoms with van der Waals surface area (Å²) in [6.45, 7) is 0. The van der Waals surface area contributed by atoms with Crippen molar-refractivity contribution in [2.75, 3.05) is 0 Å². The molecular weight excluding hydrogens is 361 g/mol. The van der Waals surface area contributed by atoms with Crippen molar-refractivity contribution in [1.29, 1.82) is 0 Å². The molecule has 4 heteroatoms. The zero-order valence-corrected chi connectivity index (χ0v) is 15.5. The van der Waals surface area contributed by atoms with Crippen LogP contribution in [0.15, 0.2) is 59.3 Å². The van der Waals surface area contributed by atoms with E-state index in [4.69, 9.17) is 0 Å². The fraction of sp³-hybridized carbons (Fsp3) is 0. The minimum Gasteiger partial charge on any atom is -0.147 e. The van der Waals surface area contributed by atoms with Crippen LogP contribution < -0.4 is 7.39 Å². The Bertz CT molecular complexity index is 791. The highest BCUT2D eigenvalue weighted by molar-refractivity contribution is 8.93. The van der Waals surface area contributed by atoms with Gasteiger partial charge in [0.15, 0.2) is 0 Å². The van der Waals surface area contributed by atoms with Crippen LogP contribution in [0.4, 0.5) is 0 Å². The normalized spacial score (nSPS) is 10.4. The van der Waals surface area contributed by atoms with E-state index in [1.807, 2.05) is 22.7 Å². The van der Waals surface area contributed by atoms with Gasteiger partial charge < -0.3 is 0 Å². The zero-order valence-electron chi connectivity index (χ0n) is 10.7. The van der Waals surface area contributed by atoms with Gasteiger partial charge in [-0.3, -0.25) is 0 Å². The lowest BCUT2D eigenvalue weighted by Crippen LogP contribution is -2.25. The van der Waals surface area contributed by atoms with Gasteiger partial charge in [-0.2, -0.15) is 0 Å². The summed E-state index contributed by atoms with van der Waals surface area (Å²) >= 11 is 3.39. The SMILES string of the molecule is Br.c1ccc2[c]([Mg][c]3csc4ccccc34)csc2c1. The lowest BCUT2D eigenvalue weighted by atomic mass is 10.3. The molecule has 4 rings (SSSR count). The van der Waals surface area contributed by atoms with Gasteiger partial charge in [-0.25, -0.2) is 0 Å². The minimum atomic E-state index is -0.373. The van der Waals surface area contributed by atoms with Crippen molar-refractivity contribution in [2.45, 2.75) is 0 Å². The van der Waals surface area contributed by atoms with Gasteiger partial charge in [0.1, 0.15) is 0 Å². The summed E-state index contributed by atoms with van der Waals surface area (Å²) < 4.78 is 6.02. The third kappa shape index (κ3) is 2.55. The van der Waals surface area contributed by atoms with E-state index in [1.54, 1.807) is 7.39 Å². The first-order chi connectivity index (χ1) is 9.42. The van der Waals surface area contributed by atoms with E-state index in [0.717, 1.165) is 0 Å². The molecule has 2 aromatic heterocycles. The van der Waals surface area contributed by atoms with Crippen molar-refractivity contribution in [3.05, 3.63) is 59.3 Å². The minimum absolute atomic E-state index is 0. The molecule has 0 atom stereocenters. The van der Waals surface area contributed by atoms with Crippen molar-refractivity contribution < 1.29 is 0 Å². The Morgan fingerprint density at radius 2 is 1.10 bits per heavy atom. The predicted molar refractivity (Wildman–Crippen MR) is 99.0 cm³/mol. The smallest absolute Gasteiger partial charge is 0.147 e. The highest BCUT2D eigenvalue weighted by Gasteiger charge is 2.11. The lowest BCUT2D eigenvalue weighted by Gasteiger charge is -1.98. The third-order valence-corrected chi connectivity index (χ3v) is 8.05. The topological polar surface area (TPSA) is 0 Å². The summed E-state index contributed by atoms with van der Waals surface area (Å²) in [6.07, 6.45) is 0. The number of fused-ring (bicyclic) bond motifs is 2. The van der Waals surface area contributed by atoms with Crippen LogP contribution in [0.2, 0.25) is 0 Å². The van der Waals surface area contributed by atoms with Crippen molar-refractivity contribution in [3.8, 4) is 0 Å². The van der Waals surface area contributed by atoms with Crippen molar-refractivity contribution >= 4 is 87.6 Å². The highest BCUT2D eigenvalue weighted by atomic mass is 79.9. The largest absolute Gasteiger partial charge is 0.455 e. The maximum absolute atomic E-state index is 2.36. The molecule has 0 spiro atoms. The van der Waals surface area contributed by atoms with Gasteiger partial charge in [0.05, 0.1) is 0 Å². The number of benzene rings is 2. The van der Waals surface area contributed by atoms with Gasteiger partial charge in [0.2, 0.25) is 0 Å². The van der Waals surface area contributed by atoms with E-state index in [-0.39, 0.29) is 37.3 Å². The van der Waals surface area contributed by atoms with Crippen LogP contribution in [-0.4, -0.2) is 20.4 Å². The van der Waals surface area contributed by atoms with Crippen LogP contribution in [0.25, 0.3) is 20.2 Å². The molecule has 0 saturated heterocycles. The van der Waals surface area contributed by atoms with Gasteiger partial charge in [-0.1, -0.05) is 36.4 Å². The summed E-state index contributed by atoms with van der Waals surface area (Å²) in [5.41, 5.74) is 0. The van der Waals surface area contributed by atoms with E-state index in [9.17, 15) is 0 Å². The Morgan fingerprint density at radius 1 is 0.650 bits per heavy atom. The van der Waals surface area contributed by atoms with Crippen molar-refractivity contribution in [2.24, 2.45) is 0 Å². The quantitative estimate of drug-likeness (QED) is 0.460. The van der Waals surface area contributed by atoms with Crippen molar-refractivity contribution in [1.82, 2.24) is 0 Å². The average molecular weight is 372 g/mol.